The summed E-state index contributed by atoms with van der Waals surface area (Å²) in [5, 5.41) is 17.0. The lowest BCUT2D eigenvalue weighted by atomic mass is 10.0. The van der Waals surface area contributed by atoms with Crippen LogP contribution in [0, 0.1) is 11.8 Å². The molecule has 4 unspecified atom stereocenters. The van der Waals surface area contributed by atoms with E-state index in [0.717, 1.165) is 0 Å². The Morgan fingerprint density at radius 2 is 1.35 bits per heavy atom. The molecule has 196 valence electrons. The molecule has 0 rings (SSSR count). The van der Waals surface area contributed by atoms with Gasteiger partial charge in [-0.2, -0.15) is 12.6 Å². The highest BCUT2D eigenvalue weighted by molar-refractivity contribution is 7.80. The lowest BCUT2D eigenvalue weighted by Gasteiger charge is -2.25. The molecule has 0 bridgehead atoms. The summed E-state index contributed by atoms with van der Waals surface area (Å²) in [4.78, 5) is 53.4. The number of amides is 3. The molecule has 0 fully saturated rings. The first-order valence-electron chi connectivity index (χ1n) is 11.3. The number of aliphatic imine (C=N–C) groups is 1. The smallest absolute Gasteiger partial charge is 0.326 e. The van der Waals surface area contributed by atoms with Gasteiger partial charge in [0.2, 0.25) is 17.7 Å². The molecule has 13 heteroatoms. The van der Waals surface area contributed by atoms with Crippen molar-refractivity contribution in [2.24, 2.45) is 34.0 Å². The second-order valence-corrected chi connectivity index (χ2v) is 9.38. The molecule has 3 amide bonds. The number of carboxylic acid groups (broad SMARTS) is 1. The predicted octanol–water partition coefficient (Wildman–Crippen LogP) is -1.07. The fourth-order valence-electron chi connectivity index (χ4n) is 3.10. The van der Waals surface area contributed by atoms with Gasteiger partial charge in [0, 0.05) is 12.3 Å². The summed E-state index contributed by atoms with van der Waals surface area (Å²) in [6, 6.07) is -4.01. The van der Waals surface area contributed by atoms with Crippen LogP contribution in [-0.2, 0) is 19.2 Å². The highest BCUT2D eigenvalue weighted by Gasteiger charge is 2.30. The van der Waals surface area contributed by atoms with Gasteiger partial charge < -0.3 is 38.3 Å². The molecule has 0 saturated heterocycles. The van der Waals surface area contributed by atoms with Crippen LogP contribution in [0.25, 0.3) is 0 Å². The zero-order valence-corrected chi connectivity index (χ0v) is 21.3. The summed E-state index contributed by atoms with van der Waals surface area (Å²) in [5.74, 6) is -2.93. The average molecular weight is 504 g/mol. The minimum absolute atomic E-state index is 0.0327. The van der Waals surface area contributed by atoms with Crippen LogP contribution < -0.4 is 33.2 Å². The molecule has 0 aliphatic carbocycles. The first kappa shape index (κ1) is 31.5. The molecule has 0 aromatic carbocycles. The number of thiol groups is 1. The quantitative estimate of drug-likeness (QED) is 0.0560. The summed E-state index contributed by atoms with van der Waals surface area (Å²) >= 11 is 4.11. The van der Waals surface area contributed by atoms with Crippen LogP contribution in [-0.4, -0.2) is 71.2 Å². The van der Waals surface area contributed by atoms with E-state index in [4.69, 9.17) is 17.2 Å². The van der Waals surface area contributed by atoms with Crippen LogP contribution >= 0.6 is 12.6 Å². The number of nitrogens with one attached hydrogen (secondary N) is 3. The van der Waals surface area contributed by atoms with Crippen molar-refractivity contribution in [3.63, 3.8) is 0 Å². The van der Waals surface area contributed by atoms with Crippen molar-refractivity contribution < 1.29 is 24.3 Å². The van der Waals surface area contributed by atoms with E-state index in [-0.39, 0.29) is 42.9 Å². The Bertz CT molecular complexity index is 714. The van der Waals surface area contributed by atoms with Gasteiger partial charge in [-0.1, -0.05) is 27.7 Å². The first-order chi connectivity index (χ1) is 15.8. The molecule has 0 radical (unpaired) electrons. The Hall–Kier alpha value is -2.54. The highest BCUT2D eigenvalue weighted by Crippen LogP contribution is 2.07. The SMILES string of the molecule is CC(C)CC(N)C(=O)NC(CCCN=C(N)N)C(=O)NC(CS)C(=O)NC(CC(C)C)C(=O)O. The van der Waals surface area contributed by atoms with Gasteiger partial charge in [-0.15, -0.1) is 0 Å². The normalized spacial score (nSPS) is 14.6. The van der Waals surface area contributed by atoms with E-state index in [0.29, 0.717) is 12.8 Å². The molecule has 10 N–H and O–H groups in total. The monoisotopic (exact) mass is 503 g/mol. The zero-order chi connectivity index (χ0) is 26.4. The topological polar surface area (TPSA) is 215 Å². The van der Waals surface area contributed by atoms with Gasteiger partial charge in [0.25, 0.3) is 0 Å². The number of nitrogens with two attached hydrogens (primary N) is 3. The number of carbonyl (C=O) groups is 4. The number of hydrogen-bond donors (Lipinski definition) is 8. The third-order valence-corrected chi connectivity index (χ3v) is 5.14. The van der Waals surface area contributed by atoms with Crippen molar-refractivity contribution in [2.45, 2.75) is 77.5 Å². The molecule has 0 aliphatic rings. The van der Waals surface area contributed by atoms with Gasteiger partial charge in [-0.25, -0.2) is 4.79 Å². The number of rotatable bonds is 16. The summed E-state index contributed by atoms with van der Waals surface area (Å²) < 4.78 is 0. The van der Waals surface area contributed by atoms with Crippen molar-refractivity contribution in [3.8, 4) is 0 Å². The number of hydrogen-bond acceptors (Lipinski definition) is 7. The Balaban J connectivity index is 5.35. The molecular weight excluding hydrogens is 462 g/mol. The molecule has 4 atom stereocenters. The second-order valence-electron chi connectivity index (χ2n) is 9.02. The minimum atomic E-state index is -1.17. The van der Waals surface area contributed by atoms with Crippen molar-refractivity contribution in [1.29, 1.82) is 0 Å². The summed E-state index contributed by atoms with van der Waals surface area (Å²) in [6.07, 6.45) is 1.23. The van der Waals surface area contributed by atoms with Gasteiger partial charge in [0.1, 0.15) is 18.1 Å². The van der Waals surface area contributed by atoms with E-state index in [1.54, 1.807) is 0 Å². The number of aliphatic carboxylic acids is 1. The third kappa shape index (κ3) is 13.2. The van der Waals surface area contributed by atoms with E-state index in [1.807, 2.05) is 27.7 Å². The Morgan fingerprint density at radius 1 is 0.853 bits per heavy atom. The van der Waals surface area contributed by atoms with Crippen molar-refractivity contribution >= 4 is 42.3 Å². The van der Waals surface area contributed by atoms with Gasteiger partial charge >= 0.3 is 5.97 Å². The average Bonchev–Trinajstić information content (AvgIpc) is 2.71. The van der Waals surface area contributed by atoms with E-state index >= 15 is 0 Å². The van der Waals surface area contributed by atoms with Crippen molar-refractivity contribution in [2.75, 3.05) is 12.3 Å². The highest BCUT2D eigenvalue weighted by atomic mass is 32.1. The molecule has 0 aromatic heterocycles. The van der Waals surface area contributed by atoms with Crippen LogP contribution in [0.2, 0.25) is 0 Å². The maximum absolute atomic E-state index is 12.9. The lowest BCUT2D eigenvalue weighted by molar-refractivity contribution is -0.142. The van der Waals surface area contributed by atoms with E-state index in [1.165, 1.54) is 0 Å². The van der Waals surface area contributed by atoms with Gasteiger partial charge in [0.05, 0.1) is 6.04 Å². The lowest BCUT2D eigenvalue weighted by Crippen LogP contribution is -2.57. The van der Waals surface area contributed by atoms with Gasteiger partial charge in [-0.05, 0) is 37.5 Å². The fraction of sp³-hybridized carbons (Fsp3) is 0.762. The van der Waals surface area contributed by atoms with Crippen LogP contribution in [0.3, 0.4) is 0 Å². The molecule has 0 saturated carbocycles. The van der Waals surface area contributed by atoms with Crippen LogP contribution in [0.4, 0.5) is 0 Å². The molecule has 0 heterocycles. The van der Waals surface area contributed by atoms with Gasteiger partial charge in [-0.3, -0.25) is 19.4 Å². The first-order valence-corrected chi connectivity index (χ1v) is 12.0. The van der Waals surface area contributed by atoms with Crippen molar-refractivity contribution in [1.82, 2.24) is 16.0 Å². The molecular formula is C21H41N7O5S. The largest absolute Gasteiger partial charge is 0.480 e. The van der Waals surface area contributed by atoms with Crippen LogP contribution in [0.1, 0.15) is 53.4 Å². The number of guanidine groups is 1. The third-order valence-electron chi connectivity index (χ3n) is 4.78. The van der Waals surface area contributed by atoms with E-state index < -0.39 is 47.9 Å². The Labute approximate surface area is 206 Å². The molecule has 12 nitrogen and oxygen atoms in total. The molecule has 0 aromatic rings. The number of nitrogens with zero attached hydrogens (tertiary/aromatic N) is 1. The fourth-order valence-corrected chi connectivity index (χ4v) is 3.35. The number of carbonyl (C=O) groups excluding carboxylic acids is 3. The standard InChI is InChI=1S/C21H41N7O5S/c1-11(2)8-13(22)17(29)26-14(6-5-7-25-21(23)24)18(30)28-16(10-34)19(31)27-15(20(32)33)9-12(3)4/h11-16,34H,5-10,22H2,1-4H3,(H,26,29)(H,27,31)(H,28,30)(H,32,33)(H4,23,24,25). The van der Waals surface area contributed by atoms with Crippen LogP contribution in [0.15, 0.2) is 4.99 Å². The van der Waals surface area contributed by atoms with E-state index in [9.17, 15) is 24.3 Å². The van der Waals surface area contributed by atoms with E-state index in [2.05, 4.69) is 33.6 Å². The zero-order valence-electron chi connectivity index (χ0n) is 20.4. The summed E-state index contributed by atoms with van der Waals surface area (Å²) in [5.41, 5.74) is 16.6. The number of carboxylic acids is 1. The second kappa shape index (κ2) is 16.1. The van der Waals surface area contributed by atoms with Crippen molar-refractivity contribution in [3.05, 3.63) is 0 Å². The minimum Gasteiger partial charge on any atom is -0.480 e. The predicted molar refractivity (Wildman–Crippen MR) is 134 cm³/mol. The summed E-state index contributed by atoms with van der Waals surface area (Å²) in [6.45, 7) is 7.75. The molecule has 0 aliphatic heterocycles. The molecule has 34 heavy (non-hydrogen) atoms. The molecule has 0 spiro atoms. The maximum atomic E-state index is 12.9. The maximum Gasteiger partial charge on any atom is 0.326 e. The van der Waals surface area contributed by atoms with Gasteiger partial charge in [0.15, 0.2) is 5.96 Å². The summed E-state index contributed by atoms with van der Waals surface area (Å²) in [7, 11) is 0. The Morgan fingerprint density at radius 3 is 1.82 bits per heavy atom. The Kier molecular flexibility index (Phi) is 14.9. The van der Waals surface area contributed by atoms with Crippen LogP contribution in [0.5, 0.6) is 0 Å².